The van der Waals surface area contributed by atoms with Crippen LogP contribution in [0.15, 0.2) is 24.3 Å². The number of ether oxygens (including phenoxy) is 2. The quantitative estimate of drug-likeness (QED) is 0.896. The Labute approximate surface area is 143 Å². The van der Waals surface area contributed by atoms with Gasteiger partial charge in [0.1, 0.15) is 11.9 Å². The normalized spacial score (nSPS) is 27.5. The van der Waals surface area contributed by atoms with E-state index >= 15 is 0 Å². The maximum absolute atomic E-state index is 12.2. The van der Waals surface area contributed by atoms with Crippen LogP contribution in [0.1, 0.15) is 44.1 Å². The molecule has 5 heteroatoms. The van der Waals surface area contributed by atoms with Gasteiger partial charge in [-0.1, -0.05) is 31.0 Å². The molecular formula is C19H26N2O3. The van der Waals surface area contributed by atoms with Crippen molar-refractivity contribution in [3.8, 4) is 5.75 Å². The van der Waals surface area contributed by atoms with Gasteiger partial charge in [-0.25, -0.2) is 4.79 Å². The number of rotatable bonds is 3. The number of para-hydroxylation sites is 1. The monoisotopic (exact) mass is 330 g/mol. The highest BCUT2D eigenvalue weighted by molar-refractivity contribution is 5.74. The molecule has 5 nitrogen and oxygen atoms in total. The van der Waals surface area contributed by atoms with Crippen molar-refractivity contribution >= 4 is 6.03 Å². The van der Waals surface area contributed by atoms with Crippen LogP contribution in [0.4, 0.5) is 4.79 Å². The first kappa shape index (κ1) is 15.8. The molecule has 1 saturated heterocycles. The summed E-state index contributed by atoms with van der Waals surface area (Å²) in [6.45, 7) is 1.29. The Hall–Kier alpha value is -1.75. The molecule has 1 aliphatic carbocycles. The first-order chi connectivity index (χ1) is 11.7. The number of fused-ring (bicyclic) bond motifs is 1. The van der Waals surface area contributed by atoms with Crippen LogP contribution in [0.3, 0.4) is 0 Å². The van der Waals surface area contributed by atoms with Crippen LogP contribution in [0, 0.1) is 0 Å². The van der Waals surface area contributed by atoms with Gasteiger partial charge in [0.2, 0.25) is 0 Å². The Balaban J connectivity index is 1.23. The maximum atomic E-state index is 12.2. The second-order valence-corrected chi connectivity index (χ2v) is 7.33. The number of hydrogen-bond acceptors (Lipinski definition) is 3. The van der Waals surface area contributed by atoms with Gasteiger partial charge in [-0.3, -0.25) is 0 Å². The van der Waals surface area contributed by atoms with E-state index < -0.39 is 0 Å². The minimum absolute atomic E-state index is 0.0315. The van der Waals surface area contributed by atoms with Crippen molar-refractivity contribution in [2.45, 2.75) is 62.7 Å². The molecule has 3 aliphatic rings. The number of hydrogen-bond donors (Lipinski definition) is 2. The maximum Gasteiger partial charge on any atom is 0.315 e. The minimum atomic E-state index is -0.0883. The van der Waals surface area contributed by atoms with Crippen LogP contribution in [-0.4, -0.2) is 36.9 Å². The largest absolute Gasteiger partial charge is 0.488 e. The number of urea groups is 1. The van der Waals surface area contributed by atoms with Gasteiger partial charge in [-0.2, -0.15) is 0 Å². The number of carbonyl (C=O) groups is 1. The second kappa shape index (κ2) is 6.63. The van der Waals surface area contributed by atoms with Gasteiger partial charge in [0.05, 0.1) is 12.1 Å². The van der Waals surface area contributed by atoms with E-state index in [2.05, 4.69) is 16.7 Å². The minimum Gasteiger partial charge on any atom is -0.488 e. The standard InChI is InChI=1S/C19H26N2O3/c22-18(20-13-16-11-14-5-1-2-6-17(14)24-16)21-15-7-10-23-19(12-15)8-3-4-9-19/h1-2,5-6,15-16H,3-4,7-13H2,(H2,20,21,22)/t15-,16+/m0/s1. The molecule has 2 N–H and O–H groups in total. The molecular weight excluding hydrogens is 304 g/mol. The zero-order valence-corrected chi connectivity index (χ0v) is 14.1. The molecule has 1 saturated carbocycles. The van der Waals surface area contributed by atoms with Crippen LogP contribution in [0.5, 0.6) is 5.75 Å². The van der Waals surface area contributed by atoms with Crippen molar-refractivity contribution in [2.75, 3.05) is 13.2 Å². The fourth-order valence-electron chi connectivity index (χ4n) is 4.33. The summed E-state index contributed by atoms with van der Waals surface area (Å²) in [6, 6.07) is 8.20. The average Bonchev–Trinajstić information content (AvgIpc) is 3.19. The SMILES string of the molecule is O=C(NC[C@H]1Cc2ccccc2O1)N[C@H]1CCOC2(CCCC2)C1. The lowest BCUT2D eigenvalue weighted by Crippen LogP contribution is -2.51. The third-order valence-electron chi connectivity index (χ3n) is 5.55. The average molecular weight is 330 g/mol. The fourth-order valence-corrected chi connectivity index (χ4v) is 4.33. The van der Waals surface area contributed by atoms with E-state index in [0.29, 0.717) is 6.54 Å². The predicted molar refractivity (Wildman–Crippen MR) is 91.3 cm³/mol. The summed E-state index contributed by atoms with van der Waals surface area (Å²) in [5.41, 5.74) is 1.25. The highest BCUT2D eigenvalue weighted by atomic mass is 16.5. The highest BCUT2D eigenvalue weighted by Gasteiger charge is 2.40. The Morgan fingerprint density at radius 1 is 1.25 bits per heavy atom. The van der Waals surface area contributed by atoms with Crippen LogP contribution in [0.2, 0.25) is 0 Å². The van der Waals surface area contributed by atoms with Crippen molar-refractivity contribution in [1.29, 1.82) is 0 Å². The topological polar surface area (TPSA) is 59.6 Å². The molecule has 2 heterocycles. The van der Waals surface area contributed by atoms with Gasteiger partial charge in [0.25, 0.3) is 0 Å². The lowest BCUT2D eigenvalue weighted by molar-refractivity contribution is -0.0820. The summed E-state index contributed by atoms with van der Waals surface area (Å²) >= 11 is 0. The molecule has 2 aliphatic heterocycles. The first-order valence-electron chi connectivity index (χ1n) is 9.15. The number of carbonyl (C=O) groups excluding carboxylic acids is 1. The molecule has 0 radical (unpaired) electrons. The van der Waals surface area contributed by atoms with Crippen molar-refractivity contribution in [2.24, 2.45) is 0 Å². The van der Waals surface area contributed by atoms with Crippen LogP contribution >= 0.6 is 0 Å². The second-order valence-electron chi connectivity index (χ2n) is 7.33. The third kappa shape index (κ3) is 3.36. The van der Waals surface area contributed by atoms with E-state index in [1.807, 2.05) is 18.2 Å². The summed E-state index contributed by atoms with van der Waals surface area (Å²) in [7, 11) is 0. The van der Waals surface area contributed by atoms with Gasteiger partial charge in [0.15, 0.2) is 0 Å². The zero-order chi connectivity index (χ0) is 16.4. The predicted octanol–water partition coefficient (Wildman–Crippen LogP) is 2.78. The van der Waals surface area contributed by atoms with E-state index in [9.17, 15) is 4.79 Å². The smallest absolute Gasteiger partial charge is 0.315 e. The molecule has 2 fully saturated rings. The van der Waals surface area contributed by atoms with Gasteiger partial charge >= 0.3 is 6.03 Å². The Morgan fingerprint density at radius 3 is 2.92 bits per heavy atom. The van der Waals surface area contributed by atoms with Crippen LogP contribution < -0.4 is 15.4 Å². The van der Waals surface area contributed by atoms with E-state index in [-0.39, 0.29) is 23.8 Å². The Bertz CT molecular complexity index is 573. The van der Waals surface area contributed by atoms with Gasteiger partial charge in [-0.15, -0.1) is 0 Å². The molecule has 0 unspecified atom stereocenters. The molecule has 1 spiro atoms. The summed E-state index contributed by atoms with van der Waals surface area (Å²) in [6.07, 6.45) is 7.52. The third-order valence-corrected chi connectivity index (χ3v) is 5.55. The summed E-state index contributed by atoms with van der Waals surface area (Å²) in [5.74, 6) is 0.942. The highest BCUT2D eigenvalue weighted by Crippen LogP contribution is 2.39. The summed E-state index contributed by atoms with van der Waals surface area (Å²) < 4.78 is 11.9. The number of amides is 2. The van der Waals surface area contributed by atoms with Crippen LogP contribution in [0.25, 0.3) is 0 Å². The fraction of sp³-hybridized carbons (Fsp3) is 0.632. The lowest BCUT2D eigenvalue weighted by atomic mass is 9.89. The summed E-state index contributed by atoms with van der Waals surface area (Å²) in [5, 5.41) is 6.10. The van der Waals surface area contributed by atoms with E-state index in [0.717, 1.165) is 44.5 Å². The molecule has 0 aromatic heterocycles. The molecule has 130 valence electrons. The van der Waals surface area contributed by atoms with Crippen molar-refractivity contribution in [3.63, 3.8) is 0 Å². The molecule has 2 atom stereocenters. The van der Waals surface area contributed by atoms with Crippen molar-refractivity contribution < 1.29 is 14.3 Å². The van der Waals surface area contributed by atoms with E-state index in [1.54, 1.807) is 0 Å². The molecule has 0 bridgehead atoms. The lowest BCUT2D eigenvalue weighted by Gasteiger charge is -2.38. The number of nitrogens with one attached hydrogen (secondary N) is 2. The molecule has 2 amide bonds. The summed E-state index contributed by atoms with van der Waals surface area (Å²) in [4.78, 5) is 12.2. The molecule has 1 aromatic carbocycles. The van der Waals surface area contributed by atoms with E-state index in [4.69, 9.17) is 9.47 Å². The van der Waals surface area contributed by atoms with Crippen molar-refractivity contribution in [3.05, 3.63) is 29.8 Å². The number of benzene rings is 1. The molecule has 1 aromatic rings. The molecule has 24 heavy (non-hydrogen) atoms. The van der Waals surface area contributed by atoms with Crippen molar-refractivity contribution in [1.82, 2.24) is 10.6 Å². The van der Waals surface area contributed by atoms with Crippen LogP contribution in [-0.2, 0) is 11.2 Å². The van der Waals surface area contributed by atoms with Gasteiger partial charge < -0.3 is 20.1 Å². The Kier molecular flexibility index (Phi) is 4.35. The van der Waals surface area contributed by atoms with Gasteiger partial charge in [-0.05, 0) is 37.3 Å². The zero-order valence-electron chi connectivity index (χ0n) is 14.1. The first-order valence-corrected chi connectivity index (χ1v) is 9.15. The molecule has 4 rings (SSSR count). The van der Waals surface area contributed by atoms with Gasteiger partial charge in [0, 0.05) is 19.1 Å². The Morgan fingerprint density at radius 2 is 2.08 bits per heavy atom. The van der Waals surface area contributed by atoms with E-state index in [1.165, 1.54) is 18.4 Å².